The van der Waals surface area contributed by atoms with Gasteiger partial charge in [-0.05, 0) is 26.3 Å². The summed E-state index contributed by atoms with van der Waals surface area (Å²) in [4.78, 5) is 0. The molecule has 0 aromatic heterocycles. The first-order chi connectivity index (χ1) is 9.70. The lowest BCUT2D eigenvalue weighted by Gasteiger charge is -2.28. The topological polar surface area (TPSA) is 42.5 Å². The lowest BCUT2D eigenvalue weighted by Crippen LogP contribution is -2.45. The molecule has 1 aliphatic heterocycles. The highest BCUT2D eigenvalue weighted by molar-refractivity contribution is 5.35. The smallest absolute Gasteiger partial charge is 0.123 e. The van der Waals surface area contributed by atoms with E-state index < -0.39 is 0 Å². The number of morpholine rings is 1. The Morgan fingerprint density at radius 3 is 2.90 bits per heavy atom. The fourth-order valence-electron chi connectivity index (χ4n) is 2.81. The summed E-state index contributed by atoms with van der Waals surface area (Å²) < 4.78 is 10.9. The lowest BCUT2D eigenvalue weighted by atomic mass is 10.0. The number of rotatable bonds is 6. The molecule has 0 aliphatic carbocycles. The molecule has 2 unspecified atom stereocenters. The second-order valence-electron chi connectivity index (χ2n) is 5.49. The minimum atomic E-state index is 0.269. The highest BCUT2D eigenvalue weighted by Crippen LogP contribution is 2.24. The fourth-order valence-corrected chi connectivity index (χ4v) is 2.81. The van der Waals surface area contributed by atoms with Gasteiger partial charge < -0.3 is 20.1 Å². The molecule has 1 aromatic rings. The van der Waals surface area contributed by atoms with Crippen molar-refractivity contribution in [2.45, 2.75) is 38.4 Å². The lowest BCUT2D eigenvalue weighted by molar-refractivity contribution is 0.0708. The predicted molar refractivity (Wildman–Crippen MR) is 81.2 cm³/mol. The Morgan fingerprint density at radius 1 is 1.40 bits per heavy atom. The number of methoxy groups -OCH3 is 1. The van der Waals surface area contributed by atoms with Crippen molar-refractivity contribution in [3.63, 3.8) is 0 Å². The summed E-state index contributed by atoms with van der Waals surface area (Å²) in [5, 5.41) is 7.14. The molecule has 0 saturated carbocycles. The third-order valence-electron chi connectivity index (χ3n) is 3.78. The molecule has 0 spiro atoms. The summed E-state index contributed by atoms with van der Waals surface area (Å²) in [6.45, 7) is 7.01. The molecule has 4 heteroatoms. The van der Waals surface area contributed by atoms with Gasteiger partial charge in [0.1, 0.15) is 5.75 Å². The Labute approximate surface area is 121 Å². The highest BCUT2D eigenvalue weighted by atomic mass is 16.5. The molecule has 1 aliphatic rings. The van der Waals surface area contributed by atoms with Crippen LogP contribution in [0.15, 0.2) is 24.3 Å². The van der Waals surface area contributed by atoms with E-state index in [2.05, 4.69) is 36.6 Å². The van der Waals surface area contributed by atoms with Crippen LogP contribution in [0.5, 0.6) is 5.75 Å². The quantitative estimate of drug-likeness (QED) is 0.836. The molecule has 20 heavy (non-hydrogen) atoms. The number of nitrogens with one attached hydrogen (secondary N) is 2. The third-order valence-corrected chi connectivity index (χ3v) is 3.78. The molecule has 4 nitrogen and oxygen atoms in total. The van der Waals surface area contributed by atoms with Gasteiger partial charge in [-0.25, -0.2) is 0 Å². The maximum atomic E-state index is 5.50. The Kier molecular flexibility index (Phi) is 5.83. The number of hydrogen-bond donors (Lipinski definition) is 2. The maximum Gasteiger partial charge on any atom is 0.123 e. The minimum absolute atomic E-state index is 0.269. The van der Waals surface area contributed by atoms with E-state index in [0.29, 0.717) is 12.1 Å². The first-order valence-electron chi connectivity index (χ1n) is 7.40. The van der Waals surface area contributed by atoms with Crippen molar-refractivity contribution in [1.29, 1.82) is 0 Å². The third kappa shape index (κ3) is 4.20. The zero-order valence-corrected chi connectivity index (χ0v) is 12.7. The Hall–Kier alpha value is -1.10. The maximum absolute atomic E-state index is 5.50. The predicted octanol–water partition coefficient (Wildman–Crippen LogP) is 2.11. The fraction of sp³-hybridized carbons (Fsp3) is 0.625. The SMILES string of the molecule is COc1ccccc1[C@H](C)NC(C)CC1COCCN1. The Bertz CT molecular complexity index is 405. The van der Waals surface area contributed by atoms with Gasteiger partial charge in [-0.15, -0.1) is 0 Å². The molecule has 0 radical (unpaired) electrons. The molecule has 1 saturated heterocycles. The molecular weight excluding hydrogens is 252 g/mol. The van der Waals surface area contributed by atoms with E-state index in [4.69, 9.17) is 9.47 Å². The second kappa shape index (κ2) is 7.62. The summed E-state index contributed by atoms with van der Waals surface area (Å²) in [5.74, 6) is 0.943. The number of benzene rings is 1. The molecule has 0 bridgehead atoms. The van der Waals surface area contributed by atoms with E-state index in [1.54, 1.807) is 7.11 Å². The van der Waals surface area contributed by atoms with E-state index in [1.165, 1.54) is 5.56 Å². The Morgan fingerprint density at radius 2 is 2.20 bits per heavy atom. The van der Waals surface area contributed by atoms with Gasteiger partial charge in [-0.1, -0.05) is 18.2 Å². The summed E-state index contributed by atoms with van der Waals surface area (Å²) in [6.07, 6.45) is 1.07. The molecule has 1 heterocycles. The monoisotopic (exact) mass is 278 g/mol. The molecule has 2 N–H and O–H groups in total. The van der Waals surface area contributed by atoms with Gasteiger partial charge in [0.2, 0.25) is 0 Å². The van der Waals surface area contributed by atoms with Crippen molar-refractivity contribution >= 4 is 0 Å². The zero-order chi connectivity index (χ0) is 14.4. The number of para-hydroxylation sites is 1. The molecule has 0 amide bonds. The largest absolute Gasteiger partial charge is 0.496 e. The normalized spacial score (nSPS) is 22.2. The van der Waals surface area contributed by atoms with Gasteiger partial charge in [0.05, 0.1) is 20.3 Å². The van der Waals surface area contributed by atoms with Crippen LogP contribution in [0.4, 0.5) is 0 Å². The van der Waals surface area contributed by atoms with Gasteiger partial charge in [0, 0.05) is 30.2 Å². The Balaban J connectivity index is 1.87. The first kappa shape index (κ1) is 15.3. The van der Waals surface area contributed by atoms with Gasteiger partial charge in [0.25, 0.3) is 0 Å². The van der Waals surface area contributed by atoms with Crippen LogP contribution in [-0.4, -0.2) is 39.0 Å². The van der Waals surface area contributed by atoms with Crippen LogP contribution in [0.2, 0.25) is 0 Å². The van der Waals surface area contributed by atoms with Crippen molar-refractivity contribution in [1.82, 2.24) is 10.6 Å². The molecular formula is C16H26N2O2. The molecule has 3 atom stereocenters. The van der Waals surface area contributed by atoms with Crippen molar-refractivity contribution in [2.75, 3.05) is 26.9 Å². The van der Waals surface area contributed by atoms with Crippen LogP contribution in [0.1, 0.15) is 31.9 Å². The zero-order valence-electron chi connectivity index (χ0n) is 12.7. The van der Waals surface area contributed by atoms with Crippen molar-refractivity contribution in [3.05, 3.63) is 29.8 Å². The van der Waals surface area contributed by atoms with E-state index >= 15 is 0 Å². The molecule has 112 valence electrons. The van der Waals surface area contributed by atoms with E-state index in [1.807, 2.05) is 12.1 Å². The van der Waals surface area contributed by atoms with Gasteiger partial charge >= 0.3 is 0 Å². The van der Waals surface area contributed by atoms with Crippen LogP contribution in [-0.2, 0) is 4.74 Å². The average Bonchev–Trinajstić information content (AvgIpc) is 2.48. The van der Waals surface area contributed by atoms with Crippen molar-refractivity contribution in [3.8, 4) is 5.75 Å². The number of hydrogen-bond acceptors (Lipinski definition) is 4. The highest BCUT2D eigenvalue weighted by Gasteiger charge is 2.18. The summed E-state index contributed by atoms with van der Waals surface area (Å²) in [5.41, 5.74) is 1.20. The van der Waals surface area contributed by atoms with Crippen LogP contribution in [0.25, 0.3) is 0 Å². The van der Waals surface area contributed by atoms with Crippen LogP contribution in [0, 0.1) is 0 Å². The van der Waals surface area contributed by atoms with E-state index in [0.717, 1.165) is 31.9 Å². The first-order valence-corrected chi connectivity index (χ1v) is 7.40. The van der Waals surface area contributed by atoms with Crippen molar-refractivity contribution < 1.29 is 9.47 Å². The van der Waals surface area contributed by atoms with Crippen molar-refractivity contribution in [2.24, 2.45) is 0 Å². The summed E-state index contributed by atoms with van der Waals surface area (Å²) in [6, 6.07) is 9.33. The number of ether oxygens (including phenoxy) is 2. The molecule has 1 fully saturated rings. The van der Waals surface area contributed by atoms with Crippen LogP contribution >= 0.6 is 0 Å². The van der Waals surface area contributed by atoms with Gasteiger partial charge in [-0.3, -0.25) is 0 Å². The second-order valence-corrected chi connectivity index (χ2v) is 5.49. The van der Waals surface area contributed by atoms with Gasteiger partial charge in [-0.2, -0.15) is 0 Å². The van der Waals surface area contributed by atoms with Gasteiger partial charge in [0.15, 0.2) is 0 Å². The average molecular weight is 278 g/mol. The standard InChI is InChI=1S/C16H26N2O2/c1-12(10-14-11-20-9-8-17-14)18-13(2)15-6-4-5-7-16(15)19-3/h4-7,12-14,17-18H,8-11H2,1-3H3/t12?,13-,14?/m0/s1. The van der Waals surface area contributed by atoms with Crippen LogP contribution < -0.4 is 15.4 Å². The van der Waals surface area contributed by atoms with Crippen LogP contribution in [0.3, 0.4) is 0 Å². The van der Waals surface area contributed by atoms with E-state index in [9.17, 15) is 0 Å². The van der Waals surface area contributed by atoms with E-state index in [-0.39, 0.29) is 6.04 Å². The molecule has 2 rings (SSSR count). The minimum Gasteiger partial charge on any atom is -0.496 e. The summed E-state index contributed by atoms with van der Waals surface area (Å²) >= 11 is 0. The molecule has 1 aromatic carbocycles. The summed E-state index contributed by atoms with van der Waals surface area (Å²) in [7, 11) is 1.72.